The van der Waals surface area contributed by atoms with Crippen LogP contribution in [0.1, 0.15) is 24.4 Å². The molecule has 10 heteroatoms. The molecular formula is C17H22F3N3O4. The molecule has 7 nitrogen and oxygen atoms in total. The van der Waals surface area contributed by atoms with E-state index in [4.69, 9.17) is 9.47 Å². The number of alkyl halides is 3. The number of rotatable bonds is 6. The summed E-state index contributed by atoms with van der Waals surface area (Å²) in [5.41, 5.74) is 0.851. The number of amides is 3. The van der Waals surface area contributed by atoms with Gasteiger partial charge in [-0.15, -0.1) is 0 Å². The monoisotopic (exact) mass is 389 g/mol. The second-order valence-corrected chi connectivity index (χ2v) is 6.08. The lowest BCUT2D eigenvalue weighted by Crippen LogP contribution is -2.46. The van der Waals surface area contributed by atoms with Crippen LogP contribution < -0.4 is 20.1 Å². The molecular weight excluding hydrogens is 367 g/mol. The van der Waals surface area contributed by atoms with E-state index in [1.54, 1.807) is 31.7 Å². The standard InChI is InChI=1S/C17H22F3N3O4/c1-26-11-5-6-14(27-2)12(8-11)13-4-3-7-23(13)9-15(24)22-16(25)21-10-17(18,19)20/h5-6,8,13H,3-4,7,9-10H2,1-2H3,(H2,21,22,24,25). The van der Waals surface area contributed by atoms with Crippen molar-refractivity contribution in [2.45, 2.75) is 25.1 Å². The Bertz CT molecular complexity index is 682. The topological polar surface area (TPSA) is 79.9 Å². The van der Waals surface area contributed by atoms with Crippen LogP contribution in [0.3, 0.4) is 0 Å². The van der Waals surface area contributed by atoms with E-state index >= 15 is 0 Å². The maximum Gasteiger partial charge on any atom is 0.405 e. The lowest BCUT2D eigenvalue weighted by Gasteiger charge is -2.25. The molecule has 0 aromatic heterocycles. The molecule has 0 radical (unpaired) electrons. The Hall–Kier alpha value is -2.49. The molecule has 0 spiro atoms. The SMILES string of the molecule is COc1ccc(OC)c(C2CCCN2CC(=O)NC(=O)NCC(F)(F)F)c1. The van der Waals surface area contributed by atoms with Crippen LogP contribution in [-0.2, 0) is 4.79 Å². The normalized spacial score (nSPS) is 17.4. The first-order valence-corrected chi connectivity index (χ1v) is 8.34. The van der Waals surface area contributed by atoms with E-state index in [0.29, 0.717) is 18.0 Å². The molecule has 2 rings (SSSR count). The van der Waals surface area contributed by atoms with Gasteiger partial charge in [-0.05, 0) is 37.6 Å². The van der Waals surface area contributed by atoms with E-state index in [0.717, 1.165) is 18.4 Å². The van der Waals surface area contributed by atoms with Gasteiger partial charge in [-0.1, -0.05) is 0 Å². The Kier molecular flexibility index (Phi) is 6.89. The third-order valence-electron chi connectivity index (χ3n) is 4.21. The van der Waals surface area contributed by atoms with Gasteiger partial charge in [0.1, 0.15) is 18.0 Å². The molecule has 0 saturated carbocycles. The minimum atomic E-state index is -4.54. The third kappa shape index (κ3) is 6.02. The Balaban J connectivity index is 2.00. The van der Waals surface area contributed by atoms with E-state index in [9.17, 15) is 22.8 Å². The molecule has 0 aliphatic carbocycles. The van der Waals surface area contributed by atoms with Crippen molar-refractivity contribution in [1.82, 2.24) is 15.5 Å². The summed E-state index contributed by atoms with van der Waals surface area (Å²) in [6.07, 6.45) is -2.93. The Morgan fingerprint density at radius 2 is 2.00 bits per heavy atom. The average Bonchev–Trinajstić information content (AvgIpc) is 3.06. The summed E-state index contributed by atoms with van der Waals surface area (Å²) < 4.78 is 46.9. The molecule has 1 fully saturated rings. The molecule has 1 aliphatic rings. The van der Waals surface area contributed by atoms with Crippen LogP contribution in [0.2, 0.25) is 0 Å². The fourth-order valence-corrected chi connectivity index (χ4v) is 3.04. The lowest BCUT2D eigenvalue weighted by molar-refractivity contribution is -0.125. The number of imide groups is 1. The highest BCUT2D eigenvalue weighted by molar-refractivity contribution is 5.95. The van der Waals surface area contributed by atoms with Gasteiger partial charge in [0.25, 0.3) is 0 Å². The third-order valence-corrected chi connectivity index (χ3v) is 4.21. The number of nitrogens with zero attached hydrogens (tertiary/aromatic N) is 1. The van der Waals surface area contributed by atoms with Crippen molar-refractivity contribution in [3.63, 3.8) is 0 Å². The highest BCUT2D eigenvalue weighted by Crippen LogP contribution is 2.38. The minimum absolute atomic E-state index is 0.121. The van der Waals surface area contributed by atoms with Crippen molar-refractivity contribution in [2.75, 3.05) is 33.9 Å². The van der Waals surface area contributed by atoms with E-state index in [-0.39, 0.29) is 12.6 Å². The van der Waals surface area contributed by atoms with Gasteiger partial charge in [-0.2, -0.15) is 13.2 Å². The second kappa shape index (κ2) is 8.94. The van der Waals surface area contributed by atoms with Crippen molar-refractivity contribution >= 4 is 11.9 Å². The zero-order valence-corrected chi connectivity index (χ0v) is 15.1. The maximum absolute atomic E-state index is 12.1. The summed E-state index contributed by atoms with van der Waals surface area (Å²) in [5.74, 6) is 0.619. The first-order valence-electron chi connectivity index (χ1n) is 8.34. The lowest BCUT2D eigenvalue weighted by atomic mass is 10.0. The van der Waals surface area contributed by atoms with Crippen LogP contribution in [0.4, 0.5) is 18.0 Å². The van der Waals surface area contributed by atoms with E-state index in [2.05, 4.69) is 0 Å². The fourth-order valence-electron chi connectivity index (χ4n) is 3.04. The van der Waals surface area contributed by atoms with Crippen molar-refractivity contribution in [3.05, 3.63) is 23.8 Å². The zero-order chi connectivity index (χ0) is 20.0. The van der Waals surface area contributed by atoms with Crippen LogP contribution in [0, 0.1) is 0 Å². The summed E-state index contributed by atoms with van der Waals surface area (Å²) in [5, 5.41) is 3.52. The van der Waals surface area contributed by atoms with Crippen molar-refractivity contribution in [3.8, 4) is 11.5 Å². The molecule has 2 N–H and O–H groups in total. The van der Waals surface area contributed by atoms with Gasteiger partial charge in [0.05, 0.1) is 20.8 Å². The molecule has 3 amide bonds. The molecule has 1 aromatic carbocycles. The van der Waals surface area contributed by atoms with Gasteiger partial charge in [0.2, 0.25) is 5.91 Å². The van der Waals surface area contributed by atoms with Crippen molar-refractivity contribution in [1.29, 1.82) is 0 Å². The first-order chi connectivity index (χ1) is 12.7. The molecule has 1 aromatic rings. The van der Waals surface area contributed by atoms with Crippen LogP contribution >= 0.6 is 0 Å². The number of hydrogen-bond donors (Lipinski definition) is 2. The highest BCUT2D eigenvalue weighted by Gasteiger charge is 2.31. The van der Waals surface area contributed by atoms with E-state index in [1.807, 2.05) is 16.3 Å². The summed E-state index contributed by atoms with van der Waals surface area (Å²) in [4.78, 5) is 25.3. The van der Waals surface area contributed by atoms with Gasteiger partial charge in [0.15, 0.2) is 0 Å². The number of urea groups is 1. The Morgan fingerprint density at radius 1 is 1.26 bits per heavy atom. The Morgan fingerprint density at radius 3 is 2.63 bits per heavy atom. The van der Waals surface area contributed by atoms with Crippen LogP contribution in [0.25, 0.3) is 0 Å². The van der Waals surface area contributed by atoms with Gasteiger partial charge in [0, 0.05) is 11.6 Å². The van der Waals surface area contributed by atoms with Crippen LogP contribution in [-0.4, -0.2) is 56.9 Å². The number of halogens is 3. The van der Waals surface area contributed by atoms with Gasteiger partial charge in [-0.25, -0.2) is 4.79 Å². The summed E-state index contributed by atoms with van der Waals surface area (Å²) in [7, 11) is 3.09. The minimum Gasteiger partial charge on any atom is -0.497 e. The van der Waals surface area contributed by atoms with Gasteiger partial charge in [-0.3, -0.25) is 15.0 Å². The van der Waals surface area contributed by atoms with Gasteiger partial charge >= 0.3 is 12.2 Å². The van der Waals surface area contributed by atoms with Crippen LogP contribution in [0.5, 0.6) is 11.5 Å². The summed E-state index contributed by atoms with van der Waals surface area (Å²) >= 11 is 0. The van der Waals surface area contributed by atoms with Crippen molar-refractivity contribution in [2.24, 2.45) is 0 Å². The number of nitrogens with one attached hydrogen (secondary N) is 2. The number of methoxy groups -OCH3 is 2. The number of benzene rings is 1. The predicted molar refractivity (Wildman–Crippen MR) is 90.7 cm³/mol. The van der Waals surface area contributed by atoms with Gasteiger partial charge < -0.3 is 14.8 Å². The number of carbonyl (C=O) groups is 2. The molecule has 0 bridgehead atoms. The smallest absolute Gasteiger partial charge is 0.405 e. The zero-order valence-electron chi connectivity index (χ0n) is 15.1. The summed E-state index contributed by atoms with van der Waals surface area (Å²) in [6.45, 7) is -1.01. The molecule has 1 aliphatic heterocycles. The molecule has 1 heterocycles. The number of hydrogen-bond acceptors (Lipinski definition) is 5. The molecule has 150 valence electrons. The second-order valence-electron chi connectivity index (χ2n) is 6.08. The molecule has 1 unspecified atom stereocenters. The largest absolute Gasteiger partial charge is 0.497 e. The summed E-state index contributed by atoms with van der Waals surface area (Å²) in [6, 6.07) is 4.07. The molecule has 27 heavy (non-hydrogen) atoms. The average molecular weight is 389 g/mol. The number of likely N-dealkylation sites (tertiary alicyclic amines) is 1. The molecule has 1 saturated heterocycles. The fraction of sp³-hybridized carbons (Fsp3) is 0.529. The van der Waals surface area contributed by atoms with Crippen molar-refractivity contribution < 1.29 is 32.2 Å². The quantitative estimate of drug-likeness (QED) is 0.780. The first kappa shape index (κ1) is 20.8. The van der Waals surface area contributed by atoms with E-state index < -0.39 is 24.7 Å². The number of ether oxygens (including phenoxy) is 2. The number of carbonyl (C=O) groups excluding carboxylic acids is 2. The highest BCUT2D eigenvalue weighted by atomic mass is 19.4. The van der Waals surface area contributed by atoms with E-state index in [1.165, 1.54) is 0 Å². The maximum atomic E-state index is 12.1. The van der Waals surface area contributed by atoms with Crippen LogP contribution in [0.15, 0.2) is 18.2 Å². The molecule has 1 atom stereocenters. The Labute approximate surface area is 154 Å². The predicted octanol–water partition coefficient (Wildman–Crippen LogP) is 2.23.